The molecule has 3 aliphatic rings. The van der Waals surface area contributed by atoms with Gasteiger partial charge in [-0.25, -0.2) is 0 Å². The van der Waals surface area contributed by atoms with Crippen molar-refractivity contribution in [1.29, 1.82) is 0 Å². The zero-order valence-corrected chi connectivity index (χ0v) is 30.2. The molecule has 2 saturated heterocycles. The van der Waals surface area contributed by atoms with Gasteiger partial charge in [0.15, 0.2) is 6.29 Å². The Morgan fingerprint density at radius 1 is 0.827 bits per heavy atom. The van der Waals surface area contributed by atoms with E-state index in [1.54, 1.807) is 24.3 Å². The first kappa shape index (κ1) is 35.7. The van der Waals surface area contributed by atoms with Crippen molar-refractivity contribution < 1.29 is 33.7 Å². The first-order valence-electron chi connectivity index (χ1n) is 18.1. The summed E-state index contributed by atoms with van der Waals surface area (Å²) in [5, 5.41) is 9.64. The summed E-state index contributed by atoms with van der Waals surface area (Å²) >= 11 is 0. The number of fused-ring (bicyclic) bond motifs is 1. The number of imide groups is 1. The summed E-state index contributed by atoms with van der Waals surface area (Å²) in [7, 11) is 0. The van der Waals surface area contributed by atoms with Gasteiger partial charge in [-0.1, -0.05) is 85.8 Å². The summed E-state index contributed by atoms with van der Waals surface area (Å²) in [5.41, 5.74) is 5.81. The van der Waals surface area contributed by atoms with Crippen molar-refractivity contribution in [3.63, 3.8) is 0 Å². The Hall–Kier alpha value is -4.67. The predicted octanol–water partition coefficient (Wildman–Crippen LogP) is 7.24. The number of hydrogen-bond donors (Lipinski definition) is 1. The number of rotatable bonds is 9. The maximum absolute atomic E-state index is 13.2. The minimum Gasteiger partial charge on any atom is -0.459 e. The second-order valence-corrected chi connectivity index (χ2v) is 15.1. The zero-order valence-electron chi connectivity index (χ0n) is 30.2. The van der Waals surface area contributed by atoms with E-state index in [0.717, 1.165) is 52.8 Å². The summed E-state index contributed by atoms with van der Waals surface area (Å²) in [5.74, 6) is -0.771. The average molecular weight is 703 g/mol. The van der Waals surface area contributed by atoms with Crippen LogP contribution >= 0.6 is 0 Å². The van der Waals surface area contributed by atoms with E-state index in [1.165, 1.54) is 4.90 Å². The Bertz CT molecular complexity index is 1900. The Labute approximate surface area is 305 Å². The molecule has 0 aromatic heterocycles. The first-order chi connectivity index (χ1) is 25.0. The molecule has 9 heteroatoms. The highest BCUT2D eigenvalue weighted by Gasteiger charge is 2.42. The number of aliphatic hydroxyl groups is 1. The minimum absolute atomic E-state index is 0.0275. The summed E-state index contributed by atoms with van der Waals surface area (Å²) < 4.78 is 19.2. The highest BCUT2D eigenvalue weighted by atomic mass is 16.7. The van der Waals surface area contributed by atoms with E-state index in [1.807, 2.05) is 93.6 Å². The molecule has 1 N–H and O–H groups in total. The van der Waals surface area contributed by atoms with E-state index in [2.05, 4.69) is 11.8 Å². The molecule has 7 rings (SSSR count). The largest absolute Gasteiger partial charge is 0.459 e. The number of benzene rings is 4. The van der Waals surface area contributed by atoms with Gasteiger partial charge in [0.2, 0.25) is 0 Å². The number of esters is 1. The monoisotopic (exact) mass is 702 g/mol. The van der Waals surface area contributed by atoms with E-state index in [9.17, 15) is 19.5 Å². The smallest absolute Gasteiger partial charge is 0.323 e. The fourth-order valence-corrected chi connectivity index (χ4v) is 7.49. The molecule has 3 aliphatic heterocycles. The van der Waals surface area contributed by atoms with Crippen LogP contribution in [0.2, 0.25) is 0 Å². The maximum atomic E-state index is 13.2. The third-order valence-electron chi connectivity index (χ3n) is 10.2. The van der Waals surface area contributed by atoms with Crippen LogP contribution in [0.25, 0.3) is 11.1 Å². The van der Waals surface area contributed by atoms with Crippen molar-refractivity contribution in [3.8, 4) is 11.1 Å². The maximum Gasteiger partial charge on any atom is 0.323 e. The number of carbonyl (C=O) groups excluding carboxylic acids is 3. The van der Waals surface area contributed by atoms with Gasteiger partial charge < -0.3 is 19.3 Å². The van der Waals surface area contributed by atoms with Gasteiger partial charge in [-0.2, -0.15) is 0 Å². The molecular formula is C43H46N2O7. The number of aliphatic hydroxyl groups excluding tert-OH is 1. The van der Waals surface area contributed by atoms with Crippen LogP contribution in [0.4, 0.5) is 0 Å². The fourth-order valence-electron chi connectivity index (χ4n) is 7.49. The Balaban J connectivity index is 1.10. The Morgan fingerprint density at radius 2 is 1.50 bits per heavy atom. The van der Waals surface area contributed by atoms with Crippen LogP contribution in [0.15, 0.2) is 97.1 Å². The van der Waals surface area contributed by atoms with Crippen molar-refractivity contribution in [1.82, 2.24) is 9.80 Å². The van der Waals surface area contributed by atoms with Gasteiger partial charge in [0.1, 0.15) is 11.6 Å². The molecule has 5 atom stereocenters. The van der Waals surface area contributed by atoms with Gasteiger partial charge in [-0.05, 0) is 86.2 Å². The minimum atomic E-state index is -0.652. The molecule has 0 saturated carbocycles. The van der Waals surface area contributed by atoms with E-state index < -0.39 is 11.9 Å². The SMILES string of the molecule is C[C@H]1[C@@H](CN2CCC[C@H]2C(=O)OC(C)(C)C)O[C@@H](c2ccc(-c3cccc(CN4C(=O)c5ccccc5C4=O)c3)cc2)O[C@H]1c1ccc(CO)cc1. The van der Waals surface area contributed by atoms with Crippen molar-refractivity contribution in [3.05, 3.63) is 130 Å². The van der Waals surface area contributed by atoms with Crippen molar-refractivity contribution in [2.75, 3.05) is 13.1 Å². The molecular weight excluding hydrogens is 656 g/mol. The molecule has 0 bridgehead atoms. The van der Waals surface area contributed by atoms with Crippen LogP contribution in [0.1, 0.15) is 95.9 Å². The number of ether oxygens (including phenoxy) is 3. The van der Waals surface area contributed by atoms with Crippen LogP contribution in [-0.4, -0.2) is 63.5 Å². The highest BCUT2D eigenvalue weighted by molar-refractivity contribution is 6.21. The van der Waals surface area contributed by atoms with Crippen LogP contribution in [0, 0.1) is 5.92 Å². The van der Waals surface area contributed by atoms with Gasteiger partial charge in [0, 0.05) is 18.0 Å². The lowest BCUT2D eigenvalue weighted by molar-refractivity contribution is -0.276. The summed E-state index contributed by atoms with van der Waals surface area (Å²) in [6.45, 7) is 9.32. The third kappa shape index (κ3) is 7.45. The number of hydrogen-bond acceptors (Lipinski definition) is 8. The highest BCUT2D eigenvalue weighted by Crippen LogP contribution is 2.43. The molecule has 270 valence electrons. The molecule has 2 amide bonds. The molecule has 4 aromatic rings. The van der Waals surface area contributed by atoms with Gasteiger partial charge in [0.05, 0.1) is 36.5 Å². The Morgan fingerprint density at radius 3 is 2.15 bits per heavy atom. The van der Waals surface area contributed by atoms with Crippen LogP contribution in [0.5, 0.6) is 0 Å². The number of amides is 2. The van der Waals surface area contributed by atoms with Gasteiger partial charge in [-0.3, -0.25) is 24.2 Å². The van der Waals surface area contributed by atoms with Crippen LogP contribution < -0.4 is 0 Å². The first-order valence-corrected chi connectivity index (χ1v) is 18.1. The number of carbonyl (C=O) groups is 3. The van der Waals surface area contributed by atoms with Crippen LogP contribution in [0.3, 0.4) is 0 Å². The van der Waals surface area contributed by atoms with E-state index in [-0.39, 0.29) is 55.1 Å². The van der Waals surface area contributed by atoms with Crippen molar-refractivity contribution in [2.45, 2.75) is 83.8 Å². The van der Waals surface area contributed by atoms with E-state index in [0.29, 0.717) is 17.7 Å². The normalized spacial score (nSPS) is 23.6. The predicted molar refractivity (Wildman–Crippen MR) is 196 cm³/mol. The standard InChI is InChI=1S/C43H46N2O7/c1-27-37(25-44-22-8-13-36(44)41(49)52-43(2,3)4)50-42(51-38(27)31-16-14-28(26-46)15-17-31)32-20-18-30(19-21-32)33-10-7-9-29(23-33)24-45-39(47)34-11-5-6-12-35(34)40(45)48/h5-7,9-12,14-21,23,27,36-38,42,46H,8,13,22,24-26H2,1-4H3/t27-,36-,37+,38+,42+/m0/s1. The Kier molecular flexibility index (Phi) is 10.1. The third-order valence-corrected chi connectivity index (χ3v) is 10.2. The number of nitrogens with zero attached hydrogens (tertiary/aromatic N) is 2. The van der Waals surface area contributed by atoms with Gasteiger partial charge >= 0.3 is 5.97 Å². The van der Waals surface area contributed by atoms with Crippen molar-refractivity contribution in [2.24, 2.45) is 5.92 Å². The summed E-state index contributed by atoms with van der Waals surface area (Å²) in [6, 6.07) is 30.4. The molecule has 0 spiro atoms. The molecule has 9 nitrogen and oxygen atoms in total. The summed E-state index contributed by atoms with van der Waals surface area (Å²) in [4.78, 5) is 42.6. The van der Waals surface area contributed by atoms with E-state index >= 15 is 0 Å². The zero-order chi connectivity index (χ0) is 36.6. The summed E-state index contributed by atoms with van der Waals surface area (Å²) in [6.07, 6.45) is 0.502. The molecule has 2 fully saturated rings. The topological polar surface area (TPSA) is 106 Å². The molecule has 3 heterocycles. The second kappa shape index (κ2) is 14.8. The number of likely N-dealkylation sites (tertiary alicyclic amines) is 1. The van der Waals surface area contributed by atoms with Crippen LogP contribution in [-0.2, 0) is 32.2 Å². The molecule has 0 radical (unpaired) electrons. The lowest BCUT2D eigenvalue weighted by Crippen LogP contribution is -2.48. The van der Waals surface area contributed by atoms with Gasteiger partial charge in [-0.15, -0.1) is 0 Å². The van der Waals surface area contributed by atoms with Gasteiger partial charge in [0.25, 0.3) is 11.8 Å². The van der Waals surface area contributed by atoms with E-state index in [4.69, 9.17) is 14.2 Å². The molecule has 4 aromatic carbocycles. The van der Waals surface area contributed by atoms with Crippen molar-refractivity contribution >= 4 is 17.8 Å². The lowest BCUT2D eigenvalue weighted by Gasteiger charge is -2.43. The quantitative estimate of drug-likeness (QED) is 0.144. The molecule has 0 aliphatic carbocycles. The second-order valence-electron chi connectivity index (χ2n) is 15.1. The molecule has 0 unspecified atom stereocenters. The molecule has 52 heavy (non-hydrogen) atoms. The average Bonchev–Trinajstić information content (AvgIpc) is 3.71. The lowest BCUT2D eigenvalue weighted by atomic mass is 9.89. The fraction of sp³-hybridized carbons (Fsp3) is 0.372.